The van der Waals surface area contributed by atoms with E-state index in [1.54, 1.807) is 19.1 Å². The summed E-state index contributed by atoms with van der Waals surface area (Å²) in [6, 6.07) is 7.23. The predicted octanol–water partition coefficient (Wildman–Crippen LogP) is 1.52. The zero-order valence-corrected chi connectivity index (χ0v) is 14.2. The van der Waals surface area contributed by atoms with Crippen molar-refractivity contribution in [1.29, 1.82) is 0 Å². The number of nitrogens with zero attached hydrogens (tertiary/aromatic N) is 1. The number of carbonyl (C=O) groups excluding carboxylic acids is 4. The van der Waals surface area contributed by atoms with E-state index in [2.05, 4.69) is 10.1 Å². The van der Waals surface area contributed by atoms with Gasteiger partial charge in [-0.3, -0.25) is 24.1 Å². The Hall–Kier alpha value is -2.70. The van der Waals surface area contributed by atoms with Gasteiger partial charge in [-0.1, -0.05) is 19.1 Å². The van der Waals surface area contributed by atoms with Gasteiger partial charge in [-0.05, 0) is 24.1 Å². The van der Waals surface area contributed by atoms with Crippen LogP contribution in [-0.4, -0.2) is 42.1 Å². The Morgan fingerprint density at radius 2 is 2.04 bits per heavy atom. The zero-order chi connectivity index (χ0) is 18.2. The monoisotopic (exact) mass is 346 g/mol. The van der Waals surface area contributed by atoms with Crippen LogP contribution in [0.4, 0.5) is 5.69 Å². The molecule has 0 spiro atoms. The second kappa shape index (κ2) is 8.96. The van der Waals surface area contributed by atoms with Gasteiger partial charge < -0.3 is 10.1 Å². The largest absolute Gasteiger partial charge is 0.463 e. The molecule has 1 aromatic rings. The van der Waals surface area contributed by atoms with E-state index in [1.165, 1.54) is 4.90 Å². The summed E-state index contributed by atoms with van der Waals surface area (Å²) in [4.78, 5) is 46.7. The molecule has 1 heterocycles. The van der Waals surface area contributed by atoms with Gasteiger partial charge in [-0.15, -0.1) is 0 Å². The molecule has 1 aromatic carbocycles. The molecule has 1 atom stereocenters. The third-order valence-corrected chi connectivity index (χ3v) is 4.07. The summed E-state index contributed by atoms with van der Waals surface area (Å²) in [6.45, 7) is 2.84. The number of ketones is 1. The minimum absolute atomic E-state index is 0.0144. The van der Waals surface area contributed by atoms with Gasteiger partial charge in [0.25, 0.3) is 6.47 Å². The number of carbonyl (C=O) groups is 4. The van der Waals surface area contributed by atoms with Crippen molar-refractivity contribution >= 4 is 29.8 Å². The lowest BCUT2D eigenvalue weighted by Gasteiger charge is -2.13. The van der Waals surface area contributed by atoms with Crippen LogP contribution in [-0.2, 0) is 30.5 Å². The van der Waals surface area contributed by atoms with Gasteiger partial charge in [0.1, 0.15) is 6.61 Å². The lowest BCUT2D eigenvalue weighted by molar-refractivity contribution is -0.139. The Kier molecular flexibility index (Phi) is 6.68. The van der Waals surface area contributed by atoms with Crippen molar-refractivity contribution in [2.24, 2.45) is 5.92 Å². The van der Waals surface area contributed by atoms with Crippen molar-refractivity contribution in [1.82, 2.24) is 4.90 Å². The quantitative estimate of drug-likeness (QED) is 0.510. The van der Waals surface area contributed by atoms with E-state index in [4.69, 9.17) is 0 Å². The van der Waals surface area contributed by atoms with Crippen molar-refractivity contribution < 1.29 is 23.9 Å². The topological polar surface area (TPSA) is 92.8 Å². The van der Waals surface area contributed by atoms with Crippen LogP contribution in [0.25, 0.3) is 0 Å². The van der Waals surface area contributed by atoms with Gasteiger partial charge in [-0.2, -0.15) is 0 Å². The molecule has 0 bridgehead atoms. The fourth-order valence-electron chi connectivity index (χ4n) is 2.66. The Bertz CT molecular complexity index is 641. The van der Waals surface area contributed by atoms with Crippen molar-refractivity contribution in [3.8, 4) is 0 Å². The van der Waals surface area contributed by atoms with Crippen molar-refractivity contribution in [2.45, 2.75) is 32.8 Å². The number of imide groups is 1. The average molecular weight is 346 g/mol. The Morgan fingerprint density at radius 3 is 2.64 bits per heavy atom. The molecular formula is C18H22N2O5. The van der Waals surface area contributed by atoms with Crippen LogP contribution in [0.15, 0.2) is 24.3 Å². The second-order valence-corrected chi connectivity index (χ2v) is 6.09. The van der Waals surface area contributed by atoms with Gasteiger partial charge in [0.05, 0.1) is 6.54 Å². The molecule has 7 heteroatoms. The number of hydrogen-bond donors (Lipinski definition) is 1. The van der Waals surface area contributed by atoms with E-state index in [0.29, 0.717) is 25.9 Å². The molecule has 2 rings (SSSR count). The number of hydrogen-bond acceptors (Lipinski definition) is 6. The van der Waals surface area contributed by atoms with E-state index >= 15 is 0 Å². The minimum Gasteiger partial charge on any atom is -0.463 e. The first kappa shape index (κ1) is 18.6. The van der Waals surface area contributed by atoms with Crippen molar-refractivity contribution in [3.05, 3.63) is 29.8 Å². The maximum absolute atomic E-state index is 11.9. The maximum Gasteiger partial charge on any atom is 0.293 e. The third-order valence-electron chi connectivity index (χ3n) is 4.07. The Labute approximate surface area is 146 Å². The van der Waals surface area contributed by atoms with Crippen LogP contribution in [0.3, 0.4) is 0 Å². The SMILES string of the molecule is CC1CC(=O)N(CCCC(=O)CNc2ccc(COC=O)cc2)C1=O. The van der Waals surface area contributed by atoms with E-state index in [-0.39, 0.29) is 43.1 Å². The molecule has 25 heavy (non-hydrogen) atoms. The molecule has 1 saturated heterocycles. The first-order valence-electron chi connectivity index (χ1n) is 8.25. The summed E-state index contributed by atoms with van der Waals surface area (Å²) < 4.78 is 4.66. The van der Waals surface area contributed by atoms with Gasteiger partial charge in [0.2, 0.25) is 11.8 Å². The van der Waals surface area contributed by atoms with E-state index in [9.17, 15) is 19.2 Å². The summed E-state index contributed by atoms with van der Waals surface area (Å²) in [6.07, 6.45) is 1.05. The fraction of sp³-hybridized carbons (Fsp3) is 0.444. The van der Waals surface area contributed by atoms with Gasteiger partial charge in [0.15, 0.2) is 5.78 Å². The fourth-order valence-corrected chi connectivity index (χ4v) is 2.66. The molecular weight excluding hydrogens is 324 g/mol. The Balaban J connectivity index is 1.68. The van der Waals surface area contributed by atoms with E-state index in [1.807, 2.05) is 12.1 Å². The van der Waals surface area contributed by atoms with Crippen LogP contribution in [0, 0.1) is 5.92 Å². The molecule has 0 aliphatic carbocycles. The molecule has 134 valence electrons. The lowest BCUT2D eigenvalue weighted by Crippen LogP contribution is -2.31. The summed E-state index contributed by atoms with van der Waals surface area (Å²) in [7, 11) is 0. The highest BCUT2D eigenvalue weighted by Crippen LogP contribution is 2.19. The number of likely N-dealkylation sites (tertiary alicyclic amines) is 1. The molecule has 1 fully saturated rings. The first-order chi connectivity index (χ1) is 12.0. The number of nitrogens with one attached hydrogen (secondary N) is 1. The van der Waals surface area contributed by atoms with Crippen LogP contribution >= 0.6 is 0 Å². The van der Waals surface area contributed by atoms with Crippen molar-refractivity contribution in [2.75, 3.05) is 18.4 Å². The molecule has 0 saturated carbocycles. The molecule has 1 aliphatic heterocycles. The molecule has 0 aromatic heterocycles. The summed E-state index contributed by atoms with van der Waals surface area (Å²) in [5.74, 6) is -0.527. The molecule has 1 N–H and O–H groups in total. The molecule has 7 nitrogen and oxygen atoms in total. The van der Waals surface area contributed by atoms with Crippen LogP contribution in [0.5, 0.6) is 0 Å². The van der Waals surface area contributed by atoms with Gasteiger partial charge in [-0.25, -0.2) is 0 Å². The zero-order valence-electron chi connectivity index (χ0n) is 14.2. The normalized spacial score (nSPS) is 16.8. The molecule has 0 radical (unpaired) electrons. The standard InChI is InChI=1S/C18H22N2O5/c1-13-9-17(23)20(18(13)24)8-2-3-16(22)10-19-15-6-4-14(5-7-15)11-25-12-21/h4-7,12-13,19H,2-3,8-11H2,1H3. The highest BCUT2D eigenvalue weighted by molar-refractivity contribution is 6.03. The highest BCUT2D eigenvalue weighted by atomic mass is 16.5. The maximum atomic E-state index is 11.9. The number of rotatable bonds is 10. The van der Waals surface area contributed by atoms with Crippen LogP contribution < -0.4 is 5.32 Å². The number of Topliss-reactive ketones (excluding diaryl/α,β-unsaturated/α-hetero) is 1. The first-order valence-corrected chi connectivity index (χ1v) is 8.25. The molecule has 2 amide bonds. The Morgan fingerprint density at radius 1 is 1.32 bits per heavy atom. The summed E-state index contributed by atoms with van der Waals surface area (Å²) >= 11 is 0. The lowest BCUT2D eigenvalue weighted by atomic mass is 10.1. The smallest absolute Gasteiger partial charge is 0.293 e. The summed E-state index contributed by atoms with van der Waals surface area (Å²) in [5, 5.41) is 3.02. The number of ether oxygens (including phenoxy) is 1. The number of anilines is 1. The third kappa shape index (κ3) is 5.41. The second-order valence-electron chi connectivity index (χ2n) is 6.09. The van der Waals surface area contributed by atoms with E-state index < -0.39 is 0 Å². The molecule has 1 aliphatic rings. The molecule has 1 unspecified atom stereocenters. The minimum atomic E-state index is -0.246. The van der Waals surface area contributed by atoms with Crippen molar-refractivity contribution in [3.63, 3.8) is 0 Å². The highest BCUT2D eigenvalue weighted by Gasteiger charge is 2.34. The average Bonchev–Trinajstić information content (AvgIpc) is 2.85. The predicted molar refractivity (Wildman–Crippen MR) is 90.5 cm³/mol. The number of benzene rings is 1. The van der Waals surface area contributed by atoms with Gasteiger partial charge in [0, 0.05) is 31.0 Å². The number of amides is 2. The van der Waals surface area contributed by atoms with E-state index in [0.717, 1.165) is 11.3 Å². The van der Waals surface area contributed by atoms with Crippen LogP contribution in [0.1, 0.15) is 31.7 Å². The summed E-state index contributed by atoms with van der Waals surface area (Å²) in [5.41, 5.74) is 1.65. The van der Waals surface area contributed by atoms with Gasteiger partial charge >= 0.3 is 0 Å². The van der Waals surface area contributed by atoms with Crippen LogP contribution in [0.2, 0.25) is 0 Å².